The van der Waals surface area contributed by atoms with Crippen molar-refractivity contribution in [3.05, 3.63) is 77.9 Å². The number of carbonyl (C=O) groups is 2. The zero-order chi connectivity index (χ0) is 23.0. The van der Waals surface area contributed by atoms with Gasteiger partial charge in [-0.2, -0.15) is 0 Å². The van der Waals surface area contributed by atoms with Gasteiger partial charge in [0.2, 0.25) is 0 Å². The molecule has 0 aliphatic carbocycles. The van der Waals surface area contributed by atoms with Crippen molar-refractivity contribution < 1.29 is 14.3 Å². The van der Waals surface area contributed by atoms with Gasteiger partial charge in [-0.25, -0.2) is 9.69 Å². The molecular formula is C27H29N3O3. The molecule has 3 aromatic carbocycles. The van der Waals surface area contributed by atoms with E-state index in [-0.39, 0.29) is 24.6 Å². The smallest absolute Gasteiger partial charge is 0.326 e. The molecule has 5 rings (SSSR count). The second-order valence-electron chi connectivity index (χ2n) is 8.96. The minimum absolute atomic E-state index is 0.175. The van der Waals surface area contributed by atoms with Crippen LogP contribution in [0.3, 0.4) is 0 Å². The topological polar surface area (TPSA) is 61.9 Å². The summed E-state index contributed by atoms with van der Waals surface area (Å²) in [5.74, 6) is 0.645. The summed E-state index contributed by atoms with van der Waals surface area (Å²) in [7, 11) is 0. The molecule has 0 bridgehead atoms. The van der Waals surface area contributed by atoms with Gasteiger partial charge in [-0.05, 0) is 66.8 Å². The monoisotopic (exact) mass is 443 g/mol. The van der Waals surface area contributed by atoms with E-state index < -0.39 is 5.54 Å². The van der Waals surface area contributed by atoms with Gasteiger partial charge >= 0.3 is 6.03 Å². The summed E-state index contributed by atoms with van der Waals surface area (Å²) in [6.07, 6.45) is 2.03. The first kappa shape index (κ1) is 21.5. The first-order chi connectivity index (χ1) is 16.0. The van der Waals surface area contributed by atoms with Gasteiger partial charge in [-0.1, -0.05) is 48.5 Å². The van der Waals surface area contributed by atoms with Crippen molar-refractivity contribution in [2.24, 2.45) is 0 Å². The summed E-state index contributed by atoms with van der Waals surface area (Å²) in [4.78, 5) is 30.0. The molecule has 0 radical (unpaired) electrons. The quantitative estimate of drug-likeness (QED) is 0.556. The van der Waals surface area contributed by atoms with Gasteiger partial charge in [0.1, 0.15) is 11.3 Å². The van der Waals surface area contributed by atoms with E-state index >= 15 is 0 Å². The standard InChI is InChI=1S/C27H29N3O3/c1-3-33-23-14-11-20(12-15-23)24-9-6-16-29(24)18-30-25(31)27(2,28-26(30)32)22-13-10-19-7-4-5-8-21(19)17-22/h4-5,7-8,10-15,17,24H,3,6,9,16,18H2,1-2H3,(H,28,32)/t24-,27-/m0/s1. The number of urea groups is 1. The molecule has 0 saturated carbocycles. The van der Waals surface area contributed by atoms with Crippen molar-refractivity contribution in [1.29, 1.82) is 0 Å². The van der Waals surface area contributed by atoms with E-state index in [4.69, 9.17) is 4.74 Å². The number of carbonyl (C=O) groups excluding carboxylic acids is 2. The number of fused-ring (bicyclic) bond motifs is 1. The Morgan fingerprint density at radius 3 is 2.55 bits per heavy atom. The van der Waals surface area contributed by atoms with E-state index in [0.717, 1.165) is 41.5 Å². The lowest BCUT2D eigenvalue weighted by Gasteiger charge is -2.29. The first-order valence-electron chi connectivity index (χ1n) is 11.6. The van der Waals surface area contributed by atoms with Crippen LogP contribution in [0.25, 0.3) is 10.8 Å². The van der Waals surface area contributed by atoms with Gasteiger partial charge in [-0.3, -0.25) is 9.69 Å². The van der Waals surface area contributed by atoms with Crippen LogP contribution in [0.5, 0.6) is 5.75 Å². The zero-order valence-corrected chi connectivity index (χ0v) is 19.1. The van der Waals surface area contributed by atoms with Crippen LogP contribution in [0.15, 0.2) is 66.7 Å². The molecule has 2 aliphatic heterocycles. The molecule has 170 valence electrons. The molecule has 0 spiro atoms. The number of rotatable bonds is 6. The first-order valence-corrected chi connectivity index (χ1v) is 11.6. The van der Waals surface area contributed by atoms with E-state index in [1.807, 2.05) is 61.5 Å². The number of hydrogen-bond acceptors (Lipinski definition) is 4. The van der Waals surface area contributed by atoms with E-state index in [9.17, 15) is 9.59 Å². The van der Waals surface area contributed by atoms with Crippen molar-refractivity contribution in [3.8, 4) is 5.75 Å². The molecule has 3 aromatic rings. The SMILES string of the molecule is CCOc1ccc([C@@H]2CCCN2CN2C(=O)N[C@@](C)(c3ccc4ccccc4c3)C2=O)cc1. The van der Waals surface area contributed by atoms with Crippen LogP contribution < -0.4 is 10.1 Å². The normalized spacial score (nSPS) is 23.3. The Morgan fingerprint density at radius 2 is 1.79 bits per heavy atom. The van der Waals surface area contributed by atoms with Crippen LogP contribution in [0.4, 0.5) is 4.79 Å². The fourth-order valence-corrected chi connectivity index (χ4v) is 5.03. The van der Waals surface area contributed by atoms with Crippen molar-refractivity contribution in [3.63, 3.8) is 0 Å². The number of likely N-dealkylation sites (tertiary alicyclic amines) is 1. The highest BCUT2D eigenvalue weighted by Gasteiger charge is 2.50. The lowest BCUT2D eigenvalue weighted by Crippen LogP contribution is -2.43. The van der Waals surface area contributed by atoms with Gasteiger partial charge in [0.05, 0.1) is 13.3 Å². The van der Waals surface area contributed by atoms with E-state index in [2.05, 4.69) is 22.3 Å². The van der Waals surface area contributed by atoms with Crippen LogP contribution in [-0.4, -0.2) is 41.6 Å². The second-order valence-corrected chi connectivity index (χ2v) is 8.96. The van der Waals surface area contributed by atoms with Gasteiger partial charge < -0.3 is 10.1 Å². The Kier molecular flexibility index (Phi) is 5.54. The van der Waals surface area contributed by atoms with Crippen LogP contribution >= 0.6 is 0 Å². The largest absolute Gasteiger partial charge is 0.494 e. The predicted octanol–water partition coefficient (Wildman–Crippen LogP) is 4.80. The highest BCUT2D eigenvalue weighted by atomic mass is 16.5. The molecule has 2 heterocycles. The lowest BCUT2D eigenvalue weighted by molar-refractivity contribution is -0.132. The zero-order valence-electron chi connectivity index (χ0n) is 19.1. The average molecular weight is 444 g/mol. The van der Waals surface area contributed by atoms with Crippen molar-refractivity contribution in [2.75, 3.05) is 19.8 Å². The summed E-state index contributed by atoms with van der Waals surface area (Å²) in [6.45, 7) is 5.53. The molecule has 0 aromatic heterocycles. The molecule has 2 atom stereocenters. The molecule has 6 nitrogen and oxygen atoms in total. The third-order valence-electron chi connectivity index (χ3n) is 6.86. The second kappa shape index (κ2) is 8.52. The number of hydrogen-bond donors (Lipinski definition) is 1. The average Bonchev–Trinajstić information content (AvgIpc) is 3.38. The molecule has 6 heteroatoms. The fourth-order valence-electron chi connectivity index (χ4n) is 5.03. The summed E-state index contributed by atoms with van der Waals surface area (Å²) in [5.41, 5.74) is 0.905. The van der Waals surface area contributed by atoms with Gasteiger partial charge in [0, 0.05) is 12.6 Å². The number of imide groups is 1. The number of nitrogens with zero attached hydrogens (tertiary/aromatic N) is 2. The molecule has 2 fully saturated rings. The maximum absolute atomic E-state index is 13.5. The maximum Gasteiger partial charge on any atom is 0.326 e. The van der Waals surface area contributed by atoms with E-state index in [0.29, 0.717) is 6.61 Å². The Bertz CT molecular complexity index is 1190. The number of ether oxygens (including phenoxy) is 1. The van der Waals surface area contributed by atoms with Gasteiger partial charge in [0.15, 0.2) is 0 Å². The molecule has 0 unspecified atom stereocenters. The van der Waals surface area contributed by atoms with Crippen LogP contribution in [-0.2, 0) is 10.3 Å². The van der Waals surface area contributed by atoms with E-state index in [1.165, 1.54) is 10.5 Å². The summed E-state index contributed by atoms with van der Waals surface area (Å²) < 4.78 is 5.56. The molecule has 33 heavy (non-hydrogen) atoms. The third-order valence-corrected chi connectivity index (χ3v) is 6.86. The maximum atomic E-state index is 13.5. The third kappa shape index (κ3) is 3.85. The molecule has 3 amide bonds. The van der Waals surface area contributed by atoms with Crippen LogP contribution in [0, 0.1) is 0 Å². The minimum atomic E-state index is -1.07. The lowest BCUT2D eigenvalue weighted by atomic mass is 9.90. The Labute approximate surface area is 194 Å². The van der Waals surface area contributed by atoms with Crippen LogP contribution in [0.2, 0.25) is 0 Å². The summed E-state index contributed by atoms with van der Waals surface area (Å²) in [6, 6.07) is 21.9. The Balaban J connectivity index is 1.36. The minimum Gasteiger partial charge on any atom is -0.494 e. The predicted molar refractivity (Wildman–Crippen MR) is 128 cm³/mol. The van der Waals surface area contributed by atoms with Gasteiger partial charge in [-0.15, -0.1) is 0 Å². The highest BCUT2D eigenvalue weighted by molar-refractivity contribution is 6.07. The molecule has 2 saturated heterocycles. The van der Waals surface area contributed by atoms with Crippen molar-refractivity contribution >= 4 is 22.7 Å². The summed E-state index contributed by atoms with van der Waals surface area (Å²) >= 11 is 0. The van der Waals surface area contributed by atoms with E-state index in [1.54, 1.807) is 6.92 Å². The Morgan fingerprint density at radius 1 is 1.03 bits per heavy atom. The van der Waals surface area contributed by atoms with Crippen LogP contribution in [0.1, 0.15) is 43.9 Å². The van der Waals surface area contributed by atoms with Crippen molar-refractivity contribution in [2.45, 2.75) is 38.3 Å². The molecule has 1 N–H and O–H groups in total. The highest BCUT2D eigenvalue weighted by Crippen LogP contribution is 2.35. The number of amides is 3. The van der Waals surface area contributed by atoms with Crippen molar-refractivity contribution in [1.82, 2.24) is 15.1 Å². The fraction of sp³-hybridized carbons (Fsp3) is 0.333. The molecular weight excluding hydrogens is 414 g/mol. The Hall–Kier alpha value is -3.38. The summed E-state index contributed by atoms with van der Waals surface area (Å²) in [5, 5.41) is 5.11. The molecule has 2 aliphatic rings. The number of benzene rings is 3. The van der Waals surface area contributed by atoms with Gasteiger partial charge in [0.25, 0.3) is 5.91 Å². The number of nitrogens with one attached hydrogen (secondary N) is 1.